The van der Waals surface area contributed by atoms with Gasteiger partial charge in [0.25, 0.3) is 5.91 Å². The molecule has 1 fully saturated rings. The van der Waals surface area contributed by atoms with Gasteiger partial charge in [0.05, 0.1) is 6.54 Å². The molecule has 28 heavy (non-hydrogen) atoms. The number of rotatable bonds is 5. The molecule has 0 saturated carbocycles. The molecule has 2 aromatic carbocycles. The van der Waals surface area contributed by atoms with Crippen molar-refractivity contribution in [3.05, 3.63) is 64.7 Å². The summed E-state index contributed by atoms with van der Waals surface area (Å²) in [5.74, 6) is -0.466. The van der Waals surface area contributed by atoms with E-state index in [0.29, 0.717) is 5.56 Å². The second kappa shape index (κ2) is 6.89. The summed E-state index contributed by atoms with van der Waals surface area (Å²) < 4.78 is 29.8. The lowest BCUT2D eigenvalue weighted by molar-refractivity contribution is -0.131. The maximum Gasteiger partial charge on any atom is 0.387 e. The van der Waals surface area contributed by atoms with Crippen LogP contribution in [-0.4, -0.2) is 23.4 Å². The van der Waals surface area contributed by atoms with Crippen LogP contribution in [0.3, 0.4) is 0 Å². The van der Waals surface area contributed by atoms with Crippen LogP contribution in [0, 0.1) is 0 Å². The van der Waals surface area contributed by atoms with Crippen molar-refractivity contribution < 1.29 is 23.1 Å². The molecule has 1 saturated heterocycles. The molecule has 1 aliphatic carbocycles. The van der Waals surface area contributed by atoms with Gasteiger partial charge in [-0.15, -0.1) is 0 Å². The maximum atomic E-state index is 13.1. The van der Waals surface area contributed by atoms with Gasteiger partial charge in [0.15, 0.2) is 0 Å². The summed E-state index contributed by atoms with van der Waals surface area (Å²) in [5, 5.41) is 2.77. The van der Waals surface area contributed by atoms with Crippen LogP contribution in [0.4, 0.5) is 13.6 Å². The van der Waals surface area contributed by atoms with Crippen LogP contribution in [0.25, 0.3) is 0 Å². The minimum atomic E-state index is -2.99. The van der Waals surface area contributed by atoms with E-state index in [1.165, 1.54) is 17.2 Å². The third-order valence-corrected chi connectivity index (χ3v) is 5.47. The largest absolute Gasteiger partial charge is 0.434 e. The van der Waals surface area contributed by atoms with Gasteiger partial charge in [0.2, 0.25) is 0 Å². The SMILES string of the molecule is CC1(c2ccc3c(c2)CCC3)NC(=O)N(Cc2ccccc2OC(F)F)C1=O. The number of benzene rings is 2. The van der Waals surface area contributed by atoms with E-state index in [-0.39, 0.29) is 12.3 Å². The highest BCUT2D eigenvalue weighted by Crippen LogP contribution is 2.34. The molecular formula is C21H20F2N2O3. The number of hydrogen-bond donors (Lipinski definition) is 1. The predicted octanol–water partition coefficient (Wildman–Crippen LogP) is 3.74. The fourth-order valence-corrected chi connectivity index (χ4v) is 3.93. The van der Waals surface area contributed by atoms with Gasteiger partial charge in [-0.1, -0.05) is 36.4 Å². The van der Waals surface area contributed by atoms with Gasteiger partial charge < -0.3 is 10.1 Å². The van der Waals surface area contributed by atoms with Crippen molar-refractivity contribution in [1.29, 1.82) is 0 Å². The highest BCUT2D eigenvalue weighted by molar-refractivity contribution is 6.07. The molecule has 2 aromatic rings. The summed E-state index contributed by atoms with van der Waals surface area (Å²) in [6, 6.07) is 11.5. The third-order valence-electron chi connectivity index (χ3n) is 5.47. The Balaban J connectivity index is 1.61. The van der Waals surface area contributed by atoms with Crippen molar-refractivity contribution in [3.63, 3.8) is 0 Å². The van der Waals surface area contributed by atoms with Crippen molar-refractivity contribution in [3.8, 4) is 5.75 Å². The van der Waals surface area contributed by atoms with E-state index < -0.39 is 24.1 Å². The number of halogens is 2. The molecule has 1 atom stereocenters. The van der Waals surface area contributed by atoms with Crippen LogP contribution < -0.4 is 10.1 Å². The lowest BCUT2D eigenvalue weighted by Crippen LogP contribution is -2.41. The number of carbonyl (C=O) groups is 2. The zero-order valence-electron chi connectivity index (χ0n) is 15.4. The molecule has 4 rings (SSSR count). The lowest BCUT2D eigenvalue weighted by Gasteiger charge is -2.23. The molecule has 2 aliphatic rings. The summed E-state index contributed by atoms with van der Waals surface area (Å²) in [7, 11) is 0. The van der Waals surface area contributed by atoms with E-state index in [1.807, 2.05) is 18.2 Å². The fourth-order valence-electron chi connectivity index (χ4n) is 3.93. The number of urea groups is 1. The van der Waals surface area contributed by atoms with Gasteiger partial charge in [-0.2, -0.15) is 8.78 Å². The Hall–Kier alpha value is -2.96. The lowest BCUT2D eigenvalue weighted by atomic mass is 9.89. The molecule has 0 radical (unpaired) electrons. The quantitative estimate of drug-likeness (QED) is 0.797. The zero-order chi connectivity index (χ0) is 19.9. The molecule has 0 bridgehead atoms. The number of para-hydroxylation sites is 1. The smallest absolute Gasteiger partial charge is 0.387 e. The summed E-state index contributed by atoms with van der Waals surface area (Å²) in [6.07, 6.45) is 3.08. The molecule has 3 amide bonds. The van der Waals surface area contributed by atoms with Crippen LogP contribution in [0.1, 0.15) is 35.6 Å². The number of carbonyl (C=O) groups excluding carboxylic acids is 2. The molecule has 1 heterocycles. The topological polar surface area (TPSA) is 58.6 Å². The first-order chi connectivity index (χ1) is 13.4. The molecule has 146 valence electrons. The van der Waals surface area contributed by atoms with Gasteiger partial charge in [-0.3, -0.25) is 9.69 Å². The van der Waals surface area contributed by atoms with Crippen molar-refractivity contribution in [1.82, 2.24) is 10.2 Å². The van der Waals surface area contributed by atoms with Gasteiger partial charge in [-0.05, 0) is 48.9 Å². The number of alkyl halides is 2. The first kappa shape index (κ1) is 18.4. The second-order valence-corrected chi connectivity index (χ2v) is 7.27. The Morgan fingerprint density at radius 1 is 1.14 bits per heavy atom. The Kier molecular flexibility index (Phi) is 4.53. The van der Waals surface area contributed by atoms with Crippen molar-refractivity contribution >= 4 is 11.9 Å². The van der Waals surface area contributed by atoms with Crippen molar-refractivity contribution in [2.24, 2.45) is 0 Å². The number of nitrogens with zero attached hydrogens (tertiary/aromatic N) is 1. The number of hydrogen-bond acceptors (Lipinski definition) is 3. The molecule has 1 N–H and O–H groups in total. The van der Waals surface area contributed by atoms with Crippen LogP contribution >= 0.6 is 0 Å². The van der Waals surface area contributed by atoms with Crippen LogP contribution in [-0.2, 0) is 29.7 Å². The average Bonchev–Trinajstić information content (AvgIpc) is 3.21. The highest BCUT2D eigenvalue weighted by Gasteiger charge is 2.49. The average molecular weight is 386 g/mol. The number of fused-ring (bicyclic) bond motifs is 1. The van der Waals surface area contributed by atoms with E-state index in [9.17, 15) is 18.4 Å². The molecule has 0 aromatic heterocycles. The summed E-state index contributed by atoms with van der Waals surface area (Å²) in [5.41, 5.74) is 2.36. The number of nitrogens with one attached hydrogen (secondary N) is 1. The van der Waals surface area contributed by atoms with E-state index in [0.717, 1.165) is 29.7 Å². The maximum absolute atomic E-state index is 13.1. The number of aryl methyl sites for hydroxylation is 2. The molecule has 7 heteroatoms. The summed E-state index contributed by atoms with van der Waals surface area (Å²) in [6.45, 7) is -1.46. The highest BCUT2D eigenvalue weighted by atomic mass is 19.3. The second-order valence-electron chi connectivity index (χ2n) is 7.27. The van der Waals surface area contributed by atoms with Gasteiger partial charge in [0.1, 0.15) is 11.3 Å². The Morgan fingerprint density at radius 2 is 1.89 bits per heavy atom. The van der Waals surface area contributed by atoms with Crippen LogP contribution in [0.2, 0.25) is 0 Å². The van der Waals surface area contributed by atoms with Gasteiger partial charge >= 0.3 is 12.6 Å². The van der Waals surface area contributed by atoms with E-state index >= 15 is 0 Å². The van der Waals surface area contributed by atoms with E-state index in [4.69, 9.17) is 0 Å². The van der Waals surface area contributed by atoms with E-state index in [2.05, 4.69) is 10.1 Å². The minimum absolute atomic E-state index is 0.0516. The normalized spacial score (nSPS) is 21.2. The standard InChI is InChI=1S/C21H20F2N2O3/c1-21(16-10-9-13-6-4-7-14(13)11-16)18(26)25(20(27)24-21)12-15-5-2-3-8-17(15)28-19(22)23/h2-3,5,8-11,19H,4,6-7,12H2,1H3,(H,24,27). The zero-order valence-corrected chi connectivity index (χ0v) is 15.4. The number of imide groups is 1. The predicted molar refractivity (Wildman–Crippen MR) is 98.0 cm³/mol. The van der Waals surface area contributed by atoms with Crippen molar-refractivity contribution in [2.75, 3.05) is 0 Å². The third kappa shape index (κ3) is 3.10. The molecule has 1 unspecified atom stereocenters. The molecule has 0 spiro atoms. The molecular weight excluding hydrogens is 366 g/mol. The fraction of sp³-hybridized carbons (Fsp3) is 0.333. The van der Waals surface area contributed by atoms with Crippen molar-refractivity contribution in [2.45, 2.75) is 44.9 Å². The molecule has 5 nitrogen and oxygen atoms in total. The Bertz CT molecular complexity index is 947. The Morgan fingerprint density at radius 3 is 2.68 bits per heavy atom. The minimum Gasteiger partial charge on any atom is -0.434 e. The van der Waals surface area contributed by atoms with E-state index in [1.54, 1.807) is 25.1 Å². The van der Waals surface area contributed by atoms with Gasteiger partial charge in [0, 0.05) is 5.56 Å². The monoisotopic (exact) mass is 386 g/mol. The molecule has 1 aliphatic heterocycles. The van der Waals surface area contributed by atoms with Crippen LogP contribution in [0.5, 0.6) is 5.75 Å². The first-order valence-corrected chi connectivity index (χ1v) is 9.17. The number of ether oxygens (including phenoxy) is 1. The summed E-state index contributed by atoms with van der Waals surface area (Å²) in [4.78, 5) is 26.7. The summed E-state index contributed by atoms with van der Waals surface area (Å²) >= 11 is 0. The number of amides is 3. The first-order valence-electron chi connectivity index (χ1n) is 9.17. The van der Waals surface area contributed by atoms with Gasteiger partial charge in [-0.25, -0.2) is 4.79 Å². The Labute approximate surface area is 161 Å². The van der Waals surface area contributed by atoms with Crippen LogP contribution in [0.15, 0.2) is 42.5 Å².